The zero-order valence-corrected chi connectivity index (χ0v) is 13.9. The van der Waals surface area contributed by atoms with E-state index in [1.807, 2.05) is 10.8 Å². The fourth-order valence-electron chi connectivity index (χ4n) is 3.07. The van der Waals surface area contributed by atoms with Crippen LogP contribution in [0.15, 0.2) is 71.8 Å². The highest BCUT2D eigenvalue weighted by atomic mass is 16.5. The van der Waals surface area contributed by atoms with Gasteiger partial charge < -0.3 is 4.74 Å². The van der Waals surface area contributed by atoms with E-state index in [9.17, 15) is 0 Å². The molecule has 0 bridgehead atoms. The molecule has 0 aromatic heterocycles. The van der Waals surface area contributed by atoms with Gasteiger partial charge in [-0.2, -0.15) is 0 Å². The summed E-state index contributed by atoms with van der Waals surface area (Å²) >= 11 is 0. The molecular weight excluding hydrogens is 296 g/mol. The van der Waals surface area contributed by atoms with Crippen molar-refractivity contribution in [2.75, 3.05) is 6.73 Å². The van der Waals surface area contributed by atoms with Crippen molar-refractivity contribution in [2.45, 2.75) is 13.8 Å². The lowest BCUT2D eigenvalue weighted by Crippen LogP contribution is -2.15. The Morgan fingerprint density at radius 1 is 0.875 bits per heavy atom. The number of hydrogen-bond donors (Lipinski definition) is 0. The van der Waals surface area contributed by atoms with E-state index in [0.29, 0.717) is 6.73 Å². The van der Waals surface area contributed by atoms with Crippen LogP contribution in [0.4, 0.5) is 11.4 Å². The molecule has 118 valence electrons. The highest BCUT2D eigenvalue weighted by Gasteiger charge is 2.22. The quantitative estimate of drug-likeness (QED) is 0.553. The van der Waals surface area contributed by atoms with Gasteiger partial charge in [0.05, 0.1) is 0 Å². The van der Waals surface area contributed by atoms with Crippen molar-refractivity contribution in [3.63, 3.8) is 0 Å². The first-order chi connectivity index (χ1) is 11.7. The molecule has 24 heavy (non-hydrogen) atoms. The van der Waals surface area contributed by atoms with Gasteiger partial charge in [-0.05, 0) is 59.0 Å². The molecule has 3 nitrogen and oxygen atoms in total. The lowest BCUT2D eigenvalue weighted by molar-refractivity contribution is -0.544. The molecule has 0 spiro atoms. The van der Waals surface area contributed by atoms with Crippen molar-refractivity contribution in [1.29, 1.82) is 0 Å². The Balaban J connectivity index is 1.68. The van der Waals surface area contributed by atoms with Gasteiger partial charge in [-0.15, -0.1) is 0 Å². The van der Waals surface area contributed by atoms with Gasteiger partial charge in [0.2, 0.25) is 5.69 Å². The molecular formula is C21H19N2O+. The maximum Gasteiger partial charge on any atom is 0.317 e. The number of nitrogens with zero attached hydrogens (tertiary/aromatic N) is 2. The lowest BCUT2D eigenvalue weighted by Gasteiger charge is -2.14. The first-order valence-corrected chi connectivity index (χ1v) is 8.09. The van der Waals surface area contributed by atoms with Crippen LogP contribution in [0.2, 0.25) is 0 Å². The first kappa shape index (κ1) is 14.6. The molecule has 3 aromatic carbocycles. The average Bonchev–Trinajstić information content (AvgIpc) is 2.62. The Morgan fingerprint density at radius 3 is 2.33 bits per heavy atom. The van der Waals surface area contributed by atoms with Crippen LogP contribution >= 0.6 is 0 Å². The standard InChI is InChI=1S/C21H19N2O/c1-15-12-16(2)21-20(13-15)22-23(14-24-21)19-10-8-18(9-11-19)17-6-4-3-5-7-17/h3-13H,14H2,1-2H3/q+1. The minimum atomic E-state index is 0.432. The zero-order valence-electron chi connectivity index (χ0n) is 13.9. The van der Waals surface area contributed by atoms with Gasteiger partial charge in [-0.3, -0.25) is 0 Å². The minimum absolute atomic E-state index is 0.432. The summed E-state index contributed by atoms with van der Waals surface area (Å²) in [6, 6.07) is 23.0. The second kappa shape index (κ2) is 5.93. The van der Waals surface area contributed by atoms with Crippen LogP contribution in [-0.4, -0.2) is 11.4 Å². The number of ether oxygens (including phenoxy) is 1. The summed E-state index contributed by atoms with van der Waals surface area (Å²) in [5.41, 5.74) is 6.66. The molecule has 3 heteroatoms. The van der Waals surface area contributed by atoms with Crippen molar-refractivity contribution in [3.05, 3.63) is 77.9 Å². The summed E-state index contributed by atoms with van der Waals surface area (Å²) in [7, 11) is 0. The summed E-state index contributed by atoms with van der Waals surface area (Å²) in [4.78, 5) is 0. The molecule has 1 aliphatic rings. The molecule has 0 fully saturated rings. The first-order valence-electron chi connectivity index (χ1n) is 8.09. The van der Waals surface area contributed by atoms with E-state index in [4.69, 9.17) is 9.85 Å². The van der Waals surface area contributed by atoms with Gasteiger partial charge in [0.15, 0.2) is 11.4 Å². The van der Waals surface area contributed by atoms with Crippen molar-refractivity contribution >= 4 is 11.4 Å². The summed E-state index contributed by atoms with van der Waals surface area (Å²) in [5, 5.41) is 4.75. The molecule has 0 radical (unpaired) electrons. The number of aryl methyl sites for hydroxylation is 2. The maximum absolute atomic E-state index is 5.92. The van der Waals surface area contributed by atoms with E-state index in [1.54, 1.807) is 0 Å². The number of benzene rings is 3. The van der Waals surface area contributed by atoms with Gasteiger partial charge in [0.1, 0.15) is 0 Å². The Kier molecular flexibility index (Phi) is 3.62. The van der Waals surface area contributed by atoms with Gasteiger partial charge >= 0.3 is 6.73 Å². The highest BCUT2D eigenvalue weighted by molar-refractivity contribution is 5.64. The molecule has 4 rings (SSSR count). The second-order valence-corrected chi connectivity index (χ2v) is 6.12. The van der Waals surface area contributed by atoms with E-state index in [0.717, 1.165) is 22.7 Å². The Morgan fingerprint density at radius 2 is 1.58 bits per heavy atom. The Labute approximate surface area is 141 Å². The summed E-state index contributed by atoms with van der Waals surface area (Å²) in [6.07, 6.45) is 0. The molecule has 0 saturated heterocycles. The third kappa shape index (κ3) is 2.69. The van der Waals surface area contributed by atoms with E-state index >= 15 is 0 Å². The number of hydrogen-bond acceptors (Lipinski definition) is 2. The van der Waals surface area contributed by atoms with Crippen LogP contribution in [0.25, 0.3) is 11.1 Å². The van der Waals surface area contributed by atoms with Gasteiger partial charge in [-0.25, -0.2) is 0 Å². The molecule has 0 aliphatic carbocycles. The number of azo groups is 2. The Hall–Kier alpha value is -2.94. The van der Waals surface area contributed by atoms with Crippen LogP contribution in [0, 0.1) is 13.8 Å². The molecule has 0 saturated carbocycles. The van der Waals surface area contributed by atoms with Crippen molar-refractivity contribution < 1.29 is 9.43 Å². The van der Waals surface area contributed by atoms with Gasteiger partial charge in [0.25, 0.3) is 0 Å². The van der Waals surface area contributed by atoms with Crippen molar-refractivity contribution in [3.8, 4) is 16.9 Å². The predicted octanol–water partition coefficient (Wildman–Crippen LogP) is 5.75. The topological polar surface area (TPSA) is 24.6 Å². The van der Waals surface area contributed by atoms with Crippen LogP contribution < -0.4 is 4.74 Å². The zero-order chi connectivity index (χ0) is 16.5. The lowest BCUT2D eigenvalue weighted by atomic mass is 10.1. The summed E-state index contributed by atoms with van der Waals surface area (Å²) in [6.45, 7) is 4.57. The SMILES string of the molecule is Cc1cc(C)c2c(c1)N=[N+](c1ccc(-c3ccccc3)cc1)CO2. The van der Waals surface area contributed by atoms with Gasteiger partial charge in [-0.1, -0.05) is 36.4 Å². The second-order valence-electron chi connectivity index (χ2n) is 6.12. The molecule has 3 aromatic rings. The fourth-order valence-corrected chi connectivity index (χ4v) is 3.07. The maximum atomic E-state index is 5.92. The van der Waals surface area contributed by atoms with Crippen LogP contribution in [0.3, 0.4) is 0 Å². The monoisotopic (exact) mass is 315 g/mol. The normalized spacial score (nSPS) is 13.0. The third-order valence-corrected chi connectivity index (χ3v) is 4.23. The molecule has 1 aliphatic heterocycles. The number of fused-ring (bicyclic) bond motifs is 1. The number of rotatable bonds is 2. The average molecular weight is 315 g/mol. The van der Waals surface area contributed by atoms with E-state index in [2.05, 4.69) is 74.5 Å². The smallest absolute Gasteiger partial charge is 0.317 e. The molecule has 0 amide bonds. The molecule has 1 heterocycles. The van der Waals surface area contributed by atoms with Crippen LogP contribution in [0.1, 0.15) is 11.1 Å². The molecule has 0 atom stereocenters. The van der Waals surface area contributed by atoms with E-state index < -0.39 is 0 Å². The third-order valence-electron chi connectivity index (χ3n) is 4.23. The van der Waals surface area contributed by atoms with E-state index in [-0.39, 0.29) is 0 Å². The minimum Gasteiger partial charge on any atom is -0.431 e. The largest absolute Gasteiger partial charge is 0.431 e. The Bertz CT molecular complexity index is 913. The van der Waals surface area contributed by atoms with Gasteiger partial charge in [0, 0.05) is 17.2 Å². The van der Waals surface area contributed by atoms with Crippen LogP contribution in [0.5, 0.6) is 5.75 Å². The fraction of sp³-hybridized carbons (Fsp3) is 0.143. The van der Waals surface area contributed by atoms with Crippen molar-refractivity contribution in [1.82, 2.24) is 0 Å². The molecule has 0 unspecified atom stereocenters. The van der Waals surface area contributed by atoms with Crippen molar-refractivity contribution in [2.24, 2.45) is 5.11 Å². The van der Waals surface area contributed by atoms with E-state index in [1.165, 1.54) is 16.7 Å². The highest BCUT2D eigenvalue weighted by Crippen LogP contribution is 2.36. The summed E-state index contributed by atoms with van der Waals surface area (Å²) in [5.74, 6) is 0.887. The van der Waals surface area contributed by atoms with Crippen LogP contribution in [-0.2, 0) is 0 Å². The predicted molar refractivity (Wildman–Crippen MR) is 95.3 cm³/mol. The summed E-state index contributed by atoms with van der Waals surface area (Å²) < 4.78 is 7.82. The molecule has 0 N–H and O–H groups in total.